The van der Waals surface area contributed by atoms with Gasteiger partial charge in [-0.1, -0.05) is 6.07 Å². The summed E-state index contributed by atoms with van der Waals surface area (Å²) >= 11 is 0. The number of carbonyl (C=O) groups excluding carboxylic acids is 2. The van der Waals surface area contributed by atoms with E-state index in [9.17, 15) is 27.2 Å². The highest BCUT2D eigenvalue weighted by Crippen LogP contribution is 2.29. The number of hydrogen-bond acceptors (Lipinski definition) is 2. The minimum atomic E-state index is -4.45. The van der Waals surface area contributed by atoms with Crippen LogP contribution >= 0.6 is 0 Å². The van der Waals surface area contributed by atoms with Crippen LogP contribution in [0.15, 0.2) is 48.5 Å². The van der Waals surface area contributed by atoms with Crippen molar-refractivity contribution in [2.24, 2.45) is 0 Å². The number of halogens is 4. The van der Waals surface area contributed by atoms with Gasteiger partial charge >= 0.3 is 12.2 Å². The van der Waals surface area contributed by atoms with Gasteiger partial charge in [0, 0.05) is 24.3 Å². The van der Waals surface area contributed by atoms with E-state index in [1.807, 2.05) is 0 Å². The average Bonchev–Trinajstić information content (AvgIpc) is 2.94. The molecule has 3 rings (SSSR count). The second-order valence-corrected chi connectivity index (χ2v) is 6.06. The number of alkyl halides is 3. The van der Waals surface area contributed by atoms with Gasteiger partial charge in [0.05, 0.1) is 11.6 Å². The minimum absolute atomic E-state index is 0.0386. The van der Waals surface area contributed by atoms with Gasteiger partial charge in [-0.05, 0) is 42.5 Å². The third-order valence-electron chi connectivity index (χ3n) is 4.05. The normalized spacial score (nSPS) is 17.1. The van der Waals surface area contributed by atoms with E-state index in [-0.39, 0.29) is 24.6 Å². The van der Waals surface area contributed by atoms with E-state index >= 15 is 0 Å². The molecule has 9 heteroatoms. The lowest BCUT2D eigenvalue weighted by Gasteiger charge is -2.17. The molecule has 1 saturated heterocycles. The highest BCUT2D eigenvalue weighted by Gasteiger charge is 2.32. The molecule has 2 aromatic carbocycles. The molecule has 27 heavy (non-hydrogen) atoms. The van der Waals surface area contributed by atoms with E-state index in [4.69, 9.17) is 0 Å². The molecule has 2 N–H and O–H groups in total. The Labute approximate surface area is 152 Å². The number of carbonyl (C=O) groups is 2. The summed E-state index contributed by atoms with van der Waals surface area (Å²) in [7, 11) is 0. The lowest BCUT2D eigenvalue weighted by atomic mass is 10.2. The number of benzene rings is 2. The van der Waals surface area contributed by atoms with Gasteiger partial charge in [-0.2, -0.15) is 13.2 Å². The molecule has 2 aromatic rings. The fourth-order valence-electron chi connectivity index (χ4n) is 2.79. The minimum Gasteiger partial charge on any atom is -0.333 e. The summed E-state index contributed by atoms with van der Waals surface area (Å²) in [4.78, 5) is 25.5. The number of amides is 3. The summed E-state index contributed by atoms with van der Waals surface area (Å²) in [6, 6.07) is 8.41. The van der Waals surface area contributed by atoms with Gasteiger partial charge < -0.3 is 15.5 Å². The van der Waals surface area contributed by atoms with Gasteiger partial charge in [0.2, 0.25) is 5.91 Å². The van der Waals surface area contributed by atoms with Crippen LogP contribution in [0.3, 0.4) is 0 Å². The summed E-state index contributed by atoms with van der Waals surface area (Å²) in [6.07, 6.45) is -4.41. The molecule has 0 bridgehead atoms. The quantitative estimate of drug-likeness (QED) is 0.795. The van der Waals surface area contributed by atoms with Crippen LogP contribution in [0.1, 0.15) is 12.0 Å². The third kappa shape index (κ3) is 4.55. The summed E-state index contributed by atoms with van der Waals surface area (Å²) in [5.74, 6) is -0.739. The maximum Gasteiger partial charge on any atom is 0.416 e. The molecule has 1 aliphatic rings. The molecule has 0 spiro atoms. The summed E-state index contributed by atoms with van der Waals surface area (Å²) in [5.41, 5.74) is -0.236. The van der Waals surface area contributed by atoms with Gasteiger partial charge in [-0.15, -0.1) is 0 Å². The first-order valence-corrected chi connectivity index (χ1v) is 8.03. The van der Waals surface area contributed by atoms with Gasteiger partial charge in [0.15, 0.2) is 0 Å². The van der Waals surface area contributed by atoms with E-state index in [1.54, 1.807) is 6.07 Å². The molecule has 0 radical (unpaired) electrons. The summed E-state index contributed by atoms with van der Waals surface area (Å²) < 4.78 is 50.9. The average molecular weight is 381 g/mol. The molecule has 1 unspecified atom stereocenters. The Morgan fingerprint density at radius 3 is 2.44 bits per heavy atom. The Kier molecular flexibility index (Phi) is 5.02. The molecule has 0 aromatic heterocycles. The number of rotatable bonds is 3. The van der Waals surface area contributed by atoms with Crippen molar-refractivity contribution in [2.45, 2.75) is 18.6 Å². The van der Waals surface area contributed by atoms with Crippen molar-refractivity contribution < 1.29 is 27.2 Å². The zero-order valence-corrected chi connectivity index (χ0v) is 13.9. The van der Waals surface area contributed by atoms with E-state index in [1.165, 1.54) is 23.1 Å². The number of urea groups is 1. The van der Waals surface area contributed by atoms with Crippen LogP contribution in [-0.4, -0.2) is 24.5 Å². The molecule has 1 fully saturated rings. The molecule has 0 saturated carbocycles. The van der Waals surface area contributed by atoms with E-state index in [0.29, 0.717) is 5.69 Å². The van der Waals surface area contributed by atoms with Crippen LogP contribution in [0.25, 0.3) is 0 Å². The maximum absolute atomic E-state index is 13.3. The van der Waals surface area contributed by atoms with Gasteiger partial charge in [-0.25, -0.2) is 9.18 Å². The van der Waals surface area contributed by atoms with Crippen molar-refractivity contribution in [3.8, 4) is 0 Å². The lowest BCUT2D eigenvalue weighted by Crippen LogP contribution is -2.39. The number of hydrogen-bond donors (Lipinski definition) is 2. The highest BCUT2D eigenvalue weighted by molar-refractivity contribution is 5.97. The van der Waals surface area contributed by atoms with Crippen LogP contribution in [-0.2, 0) is 11.0 Å². The molecule has 1 heterocycles. The Balaban J connectivity index is 1.58. The second kappa shape index (κ2) is 7.26. The molecule has 0 aliphatic carbocycles. The predicted molar refractivity (Wildman–Crippen MR) is 90.8 cm³/mol. The Hall–Kier alpha value is -3.10. The van der Waals surface area contributed by atoms with E-state index < -0.39 is 29.6 Å². The zero-order chi connectivity index (χ0) is 19.6. The van der Waals surface area contributed by atoms with Crippen LogP contribution in [0, 0.1) is 5.82 Å². The Bertz CT molecular complexity index is 852. The topological polar surface area (TPSA) is 61.4 Å². The fourth-order valence-corrected chi connectivity index (χ4v) is 2.79. The van der Waals surface area contributed by atoms with Crippen LogP contribution in [0.2, 0.25) is 0 Å². The van der Waals surface area contributed by atoms with Gasteiger partial charge in [0.1, 0.15) is 5.82 Å². The van der Waals surface area contributed by atoms with Crippen LogP contribution in [0.4, 0.5) is 33.7 Å². The number of nitrogens with zero attached hydrogens (tertiary/aromatic N) is 1. The predicted octanol–water partition coefficient (Wildman–Crippen LogP) is 3.77. The van der Waals surface area contributed by atoms with Gasteiger partial charge in [0.25, 0.3) is 0 Å². The van der Waals surface area contributed by atoms with Crippen LogP contribution < -0.4 is 15.5 Å². The Morgan fingerprint density at radius 1 is 1.11 bits per heavy atom. The number of anilines is 2. The zero-order valence-electron chi connectivity index (χ0n) is 13.9. The second-order valence-electron chi connectivity index (χ2n) is 6.06. The smallest absolute Gasteiger partial charge is 0.333 e. The molecular weight excluding hydrogens is 366 g/mol. The molecular formula is C18H15F4N3O2. The standard InChI is InChI=1S/C18H15F4N3O2/c19-12-2-1-3-15(8-12)25-10-14(9-16(25)26)24-17(27)23-13-6-4-11(5-7-13)18(20,21)22/h1-8,14H,9-10H2,(H2,23,24,27). The first kappa shape index (κ1) is 18.7. The van der Waals surface area contributed by atoms with Crippen LogP contribution in [0.5, 0.6) is 0 Å². The molecule has 5 nitrogen and oxygen atoms in total. The molecule has 3 amide bonds. The van der Waals surface area contributed by atoms with Crippen molar-refractivity contribution in [1.82, 2.24) is 5.32 Å². The SMILES string of the molecule is O=C(Nc1ccc(C(F)(F)F)cc1)NC1CC(=O)N(c2cccc(F)c2)C1. The van der Waals surface area contributed by atoms with Crippen molar-refractivity contribution in [1.29, 1.82) is 0 Å². The summed E-state index contributed by atoms with van der Waals surface area (Å²) in [6.45, 7) is 0.169. The van der Waals surface area contributed by atoms with E-state index in [2.05, 4.69) is 10.6 Å². The van der Waals surface area contributed by atoms with Crippen molar-refractivity contribution in [2.75, 3.05) is 16.8 Å². The third-order valence-corrected chi connectivity index (χ3v) is 4.05. The van der Waals surface area contributed by atoms with Crippen molar-refractivity contribution in [3.63, 3.8) is 0 Å². The molecule has 142 valence electrons. The van der Waals surface area contributed by atoms with Gasteiger partial charge in [-0.3, -0.25) is 4.79 Å². The molecule has 1 aliphatic heterocycles. The van der Waals surface area contributed by atoms with Crippen molar-refractivity contribution in [3.05, 3.63) is 59.9 Å². The largest absolute Gasteiger partial charge is 0.416 e. The first-order chi connectivity index (χ1) is 12.7. The first-order valence-electron chi connectivity index (χ1n) is 8.03. The lowest BCUT2D eigenvalue weighted by molar-refractivity contribution is -0.137. The monoisotopic (exact) mass is 381 g/mol. The Morgan fingerprint density at radius 2 is 1.81 bits per heavy atom. The van der Waals surface area contributed by atoms with E-state index in [0.717, 1.165) is 24.3 Å². The summed E-state index contributed by atoms with van der Waals surface area (Å²) in [5, 5.41) is 5.01. The number of nitrogens with one attached hydrogen (secondary N) is 2. The molecule has 1 atom stereocenters. The maximum atomic E-state index is 13.3. The fraction of sp³-hybridized carbons (Fsp3) is 0.222. The van der Waals surface area contributed by atoms with Crippen molar-refractivity contribution >= 4 is 23.3 Å². The highest BCUT2D eigenvalue weighted by atomic mass is 19.4.